The molecule has 1 aromatic heterocycles. The number of carbonyl (C=O) groups is 2. The maximum atomic E-state index is 12.0. The van der Waals surface area contributed by atoms with Gasteiger partial charge in [0.2, 0.25) is 0 Å². The van der Waals surface area contributed by atoms with Gasteiger partial charge in [0.05, 0.1) is 18.3 Å². The third-order valence-corrected chi connectivity index (χ3v) is 3.52. The first-order chi connectivity index (χ1) is 10.3. The fourth-order valence-electron chi connectivity index (χ4n) is 1.78. The topological polar surface area (TPSA) is 84.2 Å². The molecule has 0 saturated carbocycles. The molecular weight excluding hydrogens is 306 g/mol. The smallest absolute Gasteiger partial charge is 0.328 e. The van der Waals surface area contributed by atoms with E-state index in [0.29, 0.717) is 17.1 Å². The Bertz CT molecular complexity index is 710. The number of benzene rings is 1. The Labute approximate surface area is 132 Å². The van der Waals surface area contributed by atoms with Crippen LogP contribution >= 0.6 is 11.6 Å². The van der Waals surface area contributed by atoms with E-state index in [-0.39, 0.29) is 0 Å². The predicted molar refractivity (Wildman–Crippen MR) is 82.0 cm³/mol. The van der Waals surface area contributed by atoms with E-state index in [0.717, 1.165) is 5.56 Å². The summed E-state index contributed by atoms with van der Waals surface area (Å²) in [6.07, 6.45) is 2.95. The first-order valence-corrected chi connectivity index (χ1v) is 6.99. The van der Waals surface area contributed by atoms with Crippen molar-refractivity contribution in [3.8, 4) is 0 Å². The average molecular weight is 322 g/mol. The van der Waals surface area contributed by atoms with Crippen molar-refractivity contribution in [2.45, 2.75) is 25.9 Å². The molecule has 0 spiro atoms. The molecule has 0 saturated heterocycles. The van der Waals surface area contributed by atoms with Gasteiger partial charge in [0.15, 0.2) is 0 Å². The van der Waals surface area contributed by atoms with Gasteiger partial charge in [0.25, 0.3) is 5.91 Å². The maximum absolute atomic E-state index is 12.0. The summed E-state index contributed by atoms with van der Waals surface area (Å²) >= 11 is 6.08. The number of halogens is 1. The van der Waals surface area contributed by atoms with Gasteiger partial charge in [-0.3, -0.25) is 9.48 Å². The minimum Gasteiger partial charge on any atom is -0.480 e. The van der Waals surface area contributed by atoms with Gasteiger partial charge in [0, 0.05) is 11.2 Å². The van der Waals surface area contributed by atoms with E-state index in [1.54, 1.807) is 16.9 Å². The molecule has 2 rings (SSSR count). The van der Waals surface area contributed by atoms with E-state index in [9.17, 15) is 9.59 Å². The molecule has 0 atom stereocenters. The Morgan fingerprint density at radius 3 is 2.68 bits per heavy atom. The zero-order chi connectivity index (χ0) is 16.3. The number of aromatic nitrogens is 2. The van der Waals surface area contributed by atoms with Crippen LogP contribution in [0.15, 0.2) is 36.7 Å². The lowest BCUT2D eigenvalue weighted by Crippen LogP contribution is -2.49. The second-order valence-electron chi connectivity index (χ2n) is 5.40. The third-order valence-electron chi connectivity index (χ3n) is 3.15. The van der Waals surface area contributed by atoms with Gasteiger partial charge in [-0.2, -0.15) is 5.10 Å². The first-order valence-electron chi connectivity index (χ1n) is 6.61. The lowest BCUT2D eigenvalue weighted by molar-refractivity contribution is -0.143. The molecule has 0 aliphatic rings. The fourth-order valence-corrected chi connectivity index (χ4v) is 1.97. The molecule has 2 N–H and O–H groups in total. The highest BCUT2D eigenvalue weighted by molar-refractivity contribution is 6.31. The Hall–Kier alpha value is -2.34. The van der Waals surface area contributed by atoms with Gasteiger partial charge < -0.3 is 10.4 Å². The number of amides is 1. The second kappa shape index (κ2) is 6.19. The number of hydrogen-bond acceptors (Lipinski definition) is 3. The molecule has 0 aliphatic carbocycles. The van der Waals surface area contributed by atoms with Crippen molar-refractivity contribution < 1.29 is 14.7 Å². The van der Waals surface area contributed by atoms with E-state index < -0.39 is 17.4 Å². The van der Waals surface area contributed by atoms with Gasteiger partial charge in [-0.25, -0.2) is 4.79 Å². The summed E-state index contributed by atoms with van der Waals surface area (Å²) in [7, 11) is 0. The molecule has 0 radical (unpaired) electrons. The maximum Gasteiger partial charge on any atom is 0.328 e. The molecule has 7 heteroatoms. The van der Waals surface area contributed by atoms with E-state index >= 15 is 0 Å². The van der Waals surface area contributed by atoms with E-state index in [1.165, 1.54) is 20.0 Å². The van der Waals surface area contributed by atoms with Gasteiger partial charge in [-0.1, -0.05) is 29.8 Å². The fraction of sp³-hybridized carbons (Fsp3) is 0.267. The van der Waals surface area contributed by atoms with Crippen LogP contribution in [0.1, 0.15) is 29.8 Å². The summed E-state index contributed by atoms with van der Waals surface area (Å²) in [5, 5.41) is 16.2. The van der Waals surface area contributed by atoms with Crippen molar-refractivity contribution in [3.05, 3.63) is 52.8 Å². The number of aliphatic carboxylic acids is 1. The molecule has 0 aliphatic heterocycles. The van der Waals surface area contributed by atoms with Crippen LogP contribution in [0.25, 0.3) is 0 Å². The molecule has 6 nitrogen and oxygen atoms in total. The number of nitrogens with one attached hydrogen (secondary N) is 1. The van der Waals surface area contributed by atoms with E-state index in [2.05, 4.69) is 10.4 Å². The molecule has 2 aromatic rings. The summed E-state index contributed by atoms with van der Waals surface area (Å²) in [6.45, 7) is 3.26. The zero-order valence-electron chi connectivity index (χ0n) is 12.2. The van der Waals surface area contributed by atoms with Crippen LogP contribution in [-0.2, 0) is 11.3 Å². The van der Waals surface area contributed by atoms with E-state index in [4.69, 9.17) is 16.7 Å². The number of hydrogen-bond donors (Lipinski definition) is 2. The zero-order valence-corrected chi connectivity index (χ0v) is 13.0. The minimum atomic E-state index is -1.35. The van der Waals surface area contributed by atoms with Crippen LogP contribution in [0.5, 0.6) is 0 Å². The highest BCUT2D eigenvalue weighted by Crippen LogP contribution is 2.16. The molecular formula is C15H16ClN3O3. The monoisotopic (exact) mass is 321 g/mol. The third kappa shape index (κ3) is 3.65. The standard InChI is InChI=1S/C15H16ClN3O3/c1-15(2,14(21)22)18-13(20)11-7-17-19(9-11)8-10-5-3-4-6-12(10)16/h3-7,9H,8H2,1-2H3,(H,18,20)(H,21,22). The molecule has 1 amide bonds. The van der Waals surface area contributed by atoms with Crippen molar-refractivity contribution in [1.29, 1.82) is 0 Å². The Morgan fingerprint density at radius 2 is 2.05 bits per heavy atom. The van der Waals surface area contributed by atoms with Gasteiger partial charge in [-0.05, 0) is 25.5 Å². The van der Waals surface area contributed by atoms with Gasteiger partial charge in [-0.15, -0.1) is 0 Å². The van der Waals surface area contributed by atoms with Crippen molar-refractivity contribution >= 4 is 23.5 Å². The van der Waals surface area contributed by atoms with Gasteiger partial charge >= 0.3 is 5.97 Å². The molecule has 0 unspecified atom stereocenters. The van der Waals surface area contributed by atoms with Crippen LogP contribution in [-0.4, -0.2) is 32.3 Å². The quantitative estimate of drug-likeness (QED) is 0.884. The number of carboxylic acid groups (broad SMARTS) is 1. The lowest BCUT2D eigenvalue weighted by Gasteiger charge is -2.20. The summed E-state index contributed by atoms with van der Waals surface area (Å²) in [5.74, 6) is -1.60. The molecule has 1 heterocycles. The second-order valence-corrected chi connectivity index (χ2v) is 5.81. The number of rotatable bonds is 5. The number of carboxylic acids is 1. The lowest BCUT2D eigenvalue weighted by atomic mass is 10.1. The molecule has 0 bridgehead atoms. The van der Waals surface area contributed by atoms with Crippen molar-refractivity contribution in [2.75, 3.05) is 0 Å². The van der Waals surface area contributed by atoms with Crippen LogP contribution in [0.2, 0.25) is 5.02 Å². The molecule has 0 fully saturated rings. The Balaban J connectivity index is 2.10. The molecule has 22 heavy (non-hydrogen) atoms. The number of nitrogens with zero attached hydrogens (tertiary/aromatic N) is 2. The molecule has 116 valence electrons. The highest BCUT2D eigenvalue weighted by Gasteiger charge is 2.29. The average Bonchev–Trinajstić information content (AvgIpc) is 2.89. The van der Waals surface area contributed by atoms with E-state index in [1.807, 2.05) is 18.2 Å². The Morgan fingerprint density at radius 1 is 1.36 bits per heavy atom. The van der Waals surface area contributed by atoms with Crippen LogP contribution < -0.4 is 5.32 Å². The normalized spacial score (nSPS) is 11.2. The number of carbonyl (C=O) groups excluding carboxylic acids is 1. The SMILES string of the molecule is CC(C)(NC(=O)c1cnn(Cc2ccccc2Cl)c1)C(=O)O. The van der Waals surface area contributed by atoms with Crippen molar-refractivity contribution in [3.63, 3.8) is 0 Å². The van der Waals surface area contributed by atoms with Crippen molar-refractivity contribution in [2.24, 2.45) is 0 Å². The minimum absolute atomic E-state index is 0.293. The summed E-state index contributed by atoms with van der Waals surface area (Å²) in [4.78, 5) is 23.1. The van der Waals surface area contributed by atoms with Crippen LogP contribution in [0.4, 0.5) is 0 Å². The molecule has 1 aromatic carbocycles. The first kappa shape index (κ1) is 16.0. The summed E-state index contributed by atoms with van der Waals surface area (Å²) < 4.78 is 1.57. The van der Waals surface area contributed by atoms with Gasteiger partial charge in [0.1, 0.15) is 5.54 Å². The summed E-state index contributed by atoms with van der Waals surface area (Å²) in [5.41, 5.74) is -0.173. The predicted octanol–water partition coefficient (Wildman–Crippen LogP) is 2.18. The summed E-state index contributed by atoms with van der Waals surface area (Å²) in [6, 6.07) is 7.36. The highest BCUT2D eigenvalue weighted by atomic mass is 35.5. The van der Waals surface area contributed by atoms with Crippen LogP contribution in [0, 0.1) is 0 Å². The Kier molecular flexibility index (Phi) is 4.51. The van der Waals surface area contributed by atoms with Crippen molar-refractivity contribution in [1.82, 2.24) is 15.1 Å². The largest absolute Gasteiger partial charge is 0.480 e. The van der Waals surface area contributed by atoms with Crippen LogP contribution in [0.3, 0.4) is 0 Å².